The summed E-state index contributed by atoms with van der Waals surface area (Å²) >= 11 is 3.08. The van der Waals surface area contributed by atoms with Gasteiger partial charge < -0.3 is 5.11 Å². The molecule has 1 aliphatic carbocycles. The van der Waals surface area contributed by atoms with Crippen molar-refractivity contribution >= 4 is 15.9 Å². The molecule has 0 amide bonds. The standard InChI is InChI=1S/C14H17BrF2O/c15-11-4-5-12(16)10(13(11)17)8-14(9-18)6-2-1-3-7-14/h4-5,18H,1-3,6-9H2. The van der Waals surface area contributed by atoms with Crippen molar-refractivity contribution in [2.24, 2.45) is 5.41 Å². The van der Waals surface area contributed by atoms with Crippen molar-refractivity contribution in [3.63, 3.8) is 0 Å². The lowest BCUT2D eigenvalue weighted by Crippen LogP contribution is -2.31. The summed E-state index contributed by atoms with van der Waals surface area (Å²) in [4.78, 5) is 0. The van der Waals surface area contributed by atoms with Gasteiger partial charge in [-0.3, -0.25) is 0 Å². The number of hydrogen-bond donors (Lipinski definition) is 1. The van der Waals surface area contributed by atoms with E-state index in [1.54, 1.807) is 0 Å². The molecule has 18 heavy (non-hydrogen) atoms. The Labute approximate surface area is 114 Å². The van der Waals surface area contributed by atoms with Crippen LogP contribution in [0.2, 0.25) is 0 Å². The molecule has 0 spiro atoms. The number of benzene rings is 1. The molecule has 100 valence electrons. The van der Waals surface area contributed by atoms with Crippen LogP contribution in [0.5, 0.6) is 0 Å². The van der Waals surface area contributed by atoms with E-state index in [1.165, 1.54) is 12.1 Å². The maximum absolute atomic E-state index is 14.0. The van der Waals surface area contributed by atoms with Crippen molar-refractivity contribution < 1.29 is 13.9 Å². The molecule has 4 heteroatoms. The summed E-state index contributed by atoms with van der Waals surface area (Å²) in [5, 5.41) is 9.60. The summed E-state index contributed by atoms with van der Waals surface area (Å²) in [5.74, 6) is -1.05. The molecular weight excluding hydrogens is 302 g/mol. The number of aliphatic hydroxyl groups is 1. The highest BCUT2D eigenvalue weighted by Crippen LogP contribution is 2.40. The molecule has 0 aromatic heterocycles. The van der Waals surface area contributed by atoms with Gasteiger partial charge in [0.05, 0.1) is 4.47 Å². The smallest absolute Gasteiger partial charge is 0.143 e. The lowest BCUT2D eigenvalue weighted by atomic mass is 9.71. The van der Waals surface area contributed by atoms with Gasteiger partial charge in [0.25, 0.3) is 0 Å². The summed E-state index contributed by atoms with van der Waals surface area (Å²) in [5.41, 5.74) is -0.249. The number of rotatable bonds is 3. The Morgan fingerprint density at radius 1 is 1.17 bits per heavy atom. The van der Waals surface area contributed by atoms with Crippen molar-refractivity contribution in [3.05, 3.63) is 33.8 Å². The maximum atomic E-state index is 14.0. The van der Waals surface area contributed by atoms with Crippen molar-refractivity contribution in [1.29, 1.82) is 0 Å². The minimum atomic E-state index is -0.534. The molecule has 1 aromatic carbocycles. The summed E-state index contributed by atoms with van der Waals surface area (Å²) < 4.78 is 28.0. The SMILES string of the molecule is OCC1(Cc2c(F)ccc(Br)c2F)CCCCC1. The molecule has 1 fully saturated rings. The zero-order valence-electron chi connectivity index (χ0n) is 10.2. The third-order valence-corrected chi connectivity index (χ3v) is 4.55. The highest BCUT2D eigenvalue weighted by molar-refractivity contribution is 9.10. The Kier molecular flexibility index (Phi) is 4.38. The molecule has 1 saturated carbocycles. The van der Waals surface area contributed by atoms with Crippen LogP contribution < -0.4 is 0 Å². The predicted octanol–water partition coefficient (Wildman–Crippen LogP) is 4.21. The van der Waals surface area contributed by atoms with Crippen LogP contribution in [0.3, 0.4) is 0 Å². The molecule has 2 rings (SSSR count). The number of halogens is 3. The monoisotopic (exact) mass is 318 g/mol. The van der Waals surface area contributed by atoms with E-state index >= 15 is 0 Å². The highest BCUT2D eigenvalue weighted by atomic mass is 79.9. The molecule has 1 aliphatic rings. The van der Waals surface area contributed by atoms with Gasteiger partial charge in [-0.1, -0.05) is 19.3 Å². The molecule has 0 heterocycles. The van der Waals surface area contributed by atoms with Gasteiger partial charge in [0, 0.05) is 12.2 Å². The van der Waals surface area contributed by atoms with E-state index in [9.17, 15) is 13.9 Å². The van der Waals surface area contributed by atoms with Crippen LogP contribution in [0.25, 0.3) is 0 Å². The third kappa shape index (κ3) is 2.75. The van der Waals surface area contributed by atoms with Gasteiger partial charge in [-0.2, -0.15) is 0 Å². The van der Waals surface area contributed by atoms with Gasteiger partial charge in [0.15, 0.2) is 0 Å². The van der Waals surface area contributed by atoms with Crippen LogP contribution in [0.1, 0.15) is 37.7 Å². The first-order valence-corrected chi connectivity index (χ1v) is 7.10. The second kappa shape index (κ2) is 5.66. The van der Waals surface area contributed by atoms with E-state index in [4.69, 9.17) is 0 Å². The summed E-state index contributed by atoms with van der Waals surface area (Å²) in [6, 6.07) is 2.65. The molecule has 0 bridgehead atoms. The lowest BCUT2D eigenvalue weighted by molar-refractivity contribution is 0.0805. The Bertz CT molecular complexity index is 428. The molecule has 0 aliphatic heterocycles. The average Bonchev–Trinajstić information content (AvgIpc) is 2.40. The third-order valence-electron chi connectivity index (χ3n) is 3.94. The summed E-state index contributed by atoms with van der Waals surface area (Å²) in [7, 11) is 0. The van der Waals surface area contributed by atoms with Crippen LogP contribution in [0, 0.1) is 17.0 Å². The topological polar surface area (TPSA) is 20.2 Å². The Balaban J connectivity index is 2.29. The fourth-order valence-corrected chi connectivity index (χ4v) is 3.17. The normalized spacial score (nSPS) is 18.9. The van der Waals surface area contributed by atoms with Crippen molar-refractivity contribution in [1.82, 2.24) is 0 Å². The van der Waals surface area contributed by atoms with Gasteiger partial charge in [0.2, 0.25) is 0 Å². The Morgan fingerprint density at radius 3 is 2.44 bits per heavy atom. The maximum Gasteiger partial charge on any atom is 0.143 e. The van der Waals surface area contributed by atoms with Crippen LogP contribution in [-0.2, 0) is 6.42 Å². The van der Waals surface area contributed by atoms with E-state index < -0.39 is 11.6 Å². The van der Waals surface area contributed by atoms with Gasteiger partial charge in [-0.25, -0.2) is 8.78 Å². The highest BCUT2D eigenvalue weighted by Gasteiger charge is 2.33. The minimum Gasteiger partial charge on any atom is -0.396 e. The summed E-state index contributed by atoms with van der Waals surface area (Å²) in [6.45, 7) is -0.00159. The molecule has 0 unspecified atom stereocenters. The van der Waals surface area contributed by atoms with E-state index in [0.717, 1.165) is 32.1 Å². The quantitative estimate of drug-likeness (QED) is 0.828. The van der Waals surface area contributed by atoms with Crippen LogP contribution >= 0.6 is 15.9 Å². The first kappa shape index (κ1) is 13.9. The molecule has 1 aromatic rings. The van der Waals surface area contributed by atoms with Gasteiger partial charge in [-0.15, -0.1) is 0 Å². The molecule has 0 radical (unpaired) electrons. The van der Waals surface area contributed by atoms with Crippen molar-refractivity contribution in [3.8, 4) is 0 Å². The molecular formula is C14H17BrF2O. The minimum absolute atomic E-state index is 0.00159. The largest absolute Gasteiger partial charge is 0.396 e. The molecule has 1 nitrogen and oxygen atoms in total. The van der Waals surface area contributed by atoms with Crippen LogP contribution in [0.15, 0.2) is 16.6 Å². The van der Waals surface area contributed by atoms with Gasteiger partial charge in [0.1, 0.15) is 11.6 Å². The van der Waals surface area contributed by atoms with E-state index in [0.29, 0.717) is 0 Å². The van der Waals surface area contributed by atoms with E-state index in [2.05, 4.69) is 15.9 Å². The van der Waals surface area contributed by atoms with Crippen molar-refractivity contribution in [2.45, 2.75) is 38.5 Å². The van der Waals surface area contributed by atoms with Crippen LogP contribution in [-0.4, -0.2) is 11.7 Å². The second-order valence-electron chi connectivity index (χ2n) is 5.22. The second-order valence-corrected chi connectivity index (χ2v) is 6.07. The predicted molar refractivity (Wildman–Crippen MR) is 70.4 cm³/mol. The summed E-state index contributed by atoms with van der Waals surface area (Å²) in [6.07, 6.45) is 5.16. The Hall–Kier alpha value is -0.480. The fourth-order valence-electron chi connectivity index (χ4n) is 2.80. The van der Waals surface area contributed by atoms with E-state index in [1.807, 2.05) is 0 Å². The Morgan fingerprint density at radius 2 is 1.83 bits per heavy atom. The molecule has 0 atom stereocenters. The first-order chi connectivity index (χ1) is 8.58. The molecule has 0 saturated heterocycles. The zero-order valence-corrected chi connectivity index (χ0v) is 11.8. The zero-order chi connectivity index (χ0) is 13.2. The fraction of sp³-hybridized carbons (Fsp3) is 0.571. The van der Waals surface area contributed by atoms with Gasteiger partial charge >= 0.3 is 0 Å². The molecule has 1 N–H and O–H groups in total. The van der Waals surface area contributed by atoms with E-state index in [-0.39, 0.29) is 28.5 Å². The van der Waals surface area contributed by atoms with Crippen LogP contribution in [0.4, 0.5) is 8.78 Å². The number of aliphatic hydroxyl groups excluding tert-OH is 1. The van der Waals surface area contributed by atoms with Gasteiger partial charge in [-0.05, 0) is 52.7 Å². The van der Waals surface area contributed by atoms with Crippen molar-refractivity contribution in [2.75, 3.05) is 6.61 Å². The average molecular weight is 319 g/mol. The number of hydrogen-bond acceptors (Lipinski definition) is 1. The first-order valence-electron chi connectivity index (χ1n) is 6.31. The lowest BCUT2D eigenvalue weighted by Gasteiger charge is -2.36.